The number of hydrogen-bond acceptors (Lipinski definition) is 1. The van der Waals surface area contributed by atoms with Crippen LogP contribution < -0.4 is 0 Å². The van der Waals surface area contributed by atoms with Gasteiger partial charge in [0, 0.05) is 6.42 Å². The monoisotopic (exact) mass is 142 g/mol. The van der Waals surface area contributed by atoms with Gasteiger partial charge >= 0.3 is 0 Å². The molecule has 0 bridgehead atoms. The minimum absolute atomic E-state index is 0.795. The Morgan fingerprint density at radius 1 is 1.40 bits per heavy atom. The van der Waals surface area contributed by atoms with Crippen molar-refractivity contribution >= 4 is 0 Å². The fraction of sp³-hybridized carbons (Fsp3) is 0.778. The van der Waals surface area contributed by atoms with Crippen molar-refractivity contribution in [2.75, 3.05) is 6.61 Å². The van der Waals surface area contributed by atoms with Crippen molar-refractivity contribution in [1.29, 1.82) is 0 Å². The van der Waals surface area contributed by atoms with Gasteiger partial charge in [-0.2, -0.15) is 0 Å². The molecule has 0 fully saturated rings. The molecule has 1 heteroatoms. The van der Waals surface area contributed by atoms with Gasteiger partial charge in [0.1, 0.15) is 0 Å². The lowest BCUT2D eigenvalue weighted by molar-refractivity contribution is 0.216. The van der Waals surface area contributed by atoms with Gasteiger partial charge < -0.3 is 4.74 Å². The summed E-state index contributed by atoms with van der Waals surface area (Å²) in [6.07, 6.45) is 5.63. The molecule has 0 heterocycles. The van der Waals surface area contributed by atoms with Gasteiger partial charge in [-0.15, -0.1) is 0 Å². The summed E-state index contributed by atoms with van der Waals surface area (Å²) in [7, 11) is 0. The van der Waals surface area contributed by atoms with Crippen LogP contribution in [-0.2, 0) is 4.74 Å². The molecule has 60 valence electrons. The molecule has 0 atom stereocenters. The first-order valence-electron chi connectivity index (χ1n) is 4.13. The highest BCUT2D eigenvalue weighted by Crippen LogP contribution is 2.07. The average molecular weight is 142 g/mol. The summed E-state index contributed by atoms with van der Waals surface area (Å²) in [5.74, 6) is 1.14. The first-order chi connectivity index (χ1) is 4.85. The Bertz CT molecular complexity index is 94.9. The molecule has 0 aromatic heterocycles. The second kappa shape index (κ2) is 6.66. The fourth-order valence-electron chi connectivity index (χ4n) is 0.836. The molecular weight excluding hydrogens is 124 g/mol. The van der Waals surface area contributed by atoms with Gasteiger partial charge in [0.2, 0.25) is 0 Å². The summed E-state index contributed by atoms with van der Waals surface area (Å²) in [6.45, 7) is 7.04. The van der Waals surface area contributed by atoms with Gasteiger partial charge in [0.05, 0.1) is 12.4 Å². The van der Waals surface area contributed by atoms with Crippen LogP contribution in [-0.4, -0.2) is 6.61 Å². The number of rotatable bonds is 5. The number of allylic oxidation sites excluding steroid dienone is 2. The van der Waals surface area contributed by atoms with E-state index in [1.807, 2.05) is 13.8 Å². The lowest BCUT2D eigenvalue weighted by Gasteiger charge is -2.05. The second-order valence-electron chi connectivity index (χ2n) is 2.29. The largest absolute Gasteiger partial charge is 0.499 e. The Hall–Kier alpha value is -0.460. The molecule has 10 heavy (non-hydrogen) atoms. The normalized spacial score (nSPS) is 11.7. The molecule has 0 N–H and O–H groups in total. The van der Waals surface area contributed by atoms with Crippen LogP contribution in [0.3, 0.4) is 0 Å². The third-order valence-electron chi connectivity index (χ3n) is 1.43. The molecule has 0 aliphatic rings. The quantitative estimate of drug-likeness (QED) is 0.536. The maximum absolute atomic E-state index is 5.35. The summed E-state index contributed by atoms with van der Waals surface area (Å²) in [6, 6.07) is 0. The summed E-state index contributed by atoms with van der Waals surface area (Å²) < 4.78 is 5.35. The predicted molar refractivity (Wildman–Crippen MR) is 44.9 cm³/mol. The first kappa shape index (κ1) is 9.54. The van der Waals surface area contributed by atoms with Crippen molar-refractivity contribution in [2.24, 2.45) is 0 Å². The molecule has 0 aromatic rings. The van der Waals surface area contributed by atoms with Gasteiger partial charge in [-0.05, 0) is 26.3 Å². The highest BCUT2D eigenvalue weighted by molar-refractivity contribution is 4.89. The minimum Gasteiger partial charge on any atom is -0.499 e. The van der Waals surface area contributed by atoms with Crippen molar-refractivity contribution in [3.8, 4) is 0 Å². The lowest BCUT2D eigenvalue weighted by Crippen LogP contribution is -1.90. The zero-order valence-corrected chi connectivity index (χ0v) is 7.31. The summed E-state index contributed by atoms with van der Waals surface area (Å²) >= 11 is 0. The fourth-order valence-corrected chi connectivity index (χ4v) is 0.836. The highest BCUT2D eigenvalue weighted by Gasteiger charge is 1.92. The van der Waals surface area contributed by atoms with Crippen molar-refractivity contribution < 1.29 is 4.74 Å². The Balaban J connectivity index is 3.41. The van der Waals surface area contributed by atoms with Gasteiger partial charge in [-0.1, -0.05) is 13.3 Å². The predicted octanol–water partition coefficient (Wildman–Crippen LogP) is 3.12. The van der Waals surface area contributed by atoms with Crippen LogP contribution in [0.4, 0.5) is 0 Å². The third kappa shape index (κ3) is 4.42. The summed E-state index contributed by atoms with van der Waals surface area (Å²) in [5, 5.41) is 0. The lowest BCUT2D eigenvalue weighted by atomic mass is 10.2. The van der Waals surface area contributed by atoms with Gasteiger partial charge in [0.15, 0.2) is 0 Å². The van der Waals surface area contributed by atoms with E-state index in [9.17, 15) is 0 Å². The van der Waals surface area contributed by atoms with E-state index < -0.39 is 0 Å². The van der Waals surface area contributed by atoms with E-state index in [1.54, 1.807) is 0 Å². The topological polar surface area (TPSA) is 9.23 Å². The van der Waals surface area contributed by atoms with Crippen LogP contribution in [0.1, 0.15) is 40.0 Å². The van der Waals surface area contributed by atoms with Crippen molar-refractivity contribution in [3.05, 3.63) is 11.8 Å². The van der Waals surface area contributed by atoms with E-state index in [0.29, 0.717) is 0 Å². The molecule has 0 radical (unpaired) electrons. The first-order valence-corrected chi connectivity index (χ1v) is 4.13. The average Bonchev–Trinajstić information content (AvgIpc) is 1.98. The molecule has 0 spiro atoms. The second-order valence-corrected chi connectivity index (χ2v) is 2.29. The van der Waals surface area contributed by atoms with E-state index in [-0.39, 0.29) is 0 Å². The van der Waals surface area contributed by atoms with Crippen LogP contribution in [0.15, 0.2) is 11.8 Å². The minimum atomic E-state index is 0.795. The standard InChI is InChI=1S/C9H18O/c1-4-7-8-9(5-2)10-6-3/h5H,4,6-8H2,1-3H3/b9-5+. The number of hydrogen-bond donors (Lipinski definition) is 0. The molecule has 0 saturated carbocycles. The van der Waals surface area contributed by atoms with Gasteiger partial charge in [-0.3, -0.25) is 0 Å². The molecule has 0 aliphatic carbocycles. The number of unbranched alkanes of at least 4 members (excludes halogenated alkanes) is 1. The SMILES string of the molecule is C/C=C(\CCCC)OCC. The molecule has 0 rings (SSSR count). The van der Waals surface area contributed by atoms with Gasteiger partial charge in [-0.25, -0.2) is 0 Å². The zero-order chi connectivity index (χ0) is 7.82. The van der Waals surface area contributed by atoms with E-state index in [1.165, 1.54) is 12.8 Å². The van der Waals surface area contributed by atoms with Crippen LogP contribution in [0.5, 0.6) is 0 Å². The molecule has 0 aliphatic heterocycles. The van der Waals surface area contributed by atoms with Crippen molar-refractivity contribution in [1.82, 2.24) is 0 Å². The molecule has 0 aromatic carbocycles. The smallest absolute Gasteiger partial charge is 0.0917 e. The van der Waals surface area contributed by atoms with Crippen molar-refractivity contribution in [2.45, 2.75) is 40.0 Å². The van der Waals surface area contributed by atoms with Crippen LogP contribution in [0, 0.1) is 0 Å². The van der Waals surface area contributed by atoms with E-state index >= 15 is 0 Å². The van der Waals surface area contributed by atoms with E-state index in [0.717, 1.165) is 18.8 Å². The Labute approximate surface area is 64.1 Å². The number of ether oxygens (including phenoxy) is 1. The zero-order valence-electron chi connectivity index (χ0n) is 7.31. The van der Waals surface area contributed by atoms with Crippen molar-refractivity contribution in [3.63, 3.8) is 0 Å². The third-order valence-corrected chi connectivity index (χ3v) is 1.43. The molecule has 1 nitrogen and oxygen atoms in total. The maximum Gasteiger partial charge on any atom is 0.0917 e. The molecule has 0 saturated heterocycles. The molecule has 0 amide bonds. The maximum atomic E-state index is 5.35. The Kier molecular flexibility index (Phi) is 6.35. The van der Waals surface area contributed by atoms with Crippen LogP contribution in [0.25, 0.3) is 0 Å². The van der Waals surface area contributed by atoms with Gasteiger partial charge in [0.25, 0.3) is 0 Å². The Morgan fingerprint density at radius 3 is 2.50 bits per heavy atom. The van der Waals surface area contributed by atoms with Crippen LogP contribution in [0.2, 0.25) is 0 Å². The molecular formula is C9H18O. The summed E-state index contributed by atoms with van der Waals surface area (Å²) in [5.41, 5.74) is 0. The van der Waals surface area contributed by atoms with E-state index in [4.69, 9.17) is 4.74 Å². The molecule has 0 unspecified atom stereocenters. The van der Waals surface area contributed by atoms with E-state index in [2.05, 4.69) is 13.0 Å². The highest BCUT2D eigenvalue weighted by atomic mass is 16.5. The van der Waals surface area contributed by atoms with Crippen LogP contribution >= 0.6 is 0 Å². The summed E-state index contributed by atoms with van der Waals surface area (Å²) in [4.78, 5) is 0. The Morgan fingerprint density at radius 2 is 2.10 bits per heavy atom.